The quantitative estimate of drug-likeness (QED) is 0.442. The number of halogens is 2. The zero-order valence-corrected chi connectivity index (χ0v) is 17.2. The minimum atomic E-state index is 0. The van der Waals surface area contributed by atoms with E-state index in [-0.39, 0.29) is 24.8 Å². The second-order valence-electron chi connectivity index (χ2n) is 5.47. The monoisotopic (exact) mass is 384 g/mol. The largest absolute Gasteiger partial charge is 0.306 e. The molecule has 1 aromatic rings. The predicted molar refractivity (Wildman–Crippen MR) is 110 cm³/mol. The van der Waals surface area contributed by atoms with Crippen LogP contribution in [0.2, 0.25) is 0 Å². The van der Waals surface area contributed by atoms with Crippen molar-refractivity contribution in [2.75, 3.05) is 11.8 Å². The van der Waals surface area contributed by atoms with E-state index in [0.29, 0.717) is 12.1 Å². The fourth-order valence-corrected chi connectivity index (χ4v) is 3.72. The molecule has 0 amide bonds. The van der Waals surface area contributed by atoms with E-state index in [1.165, 1.54) is 11.1 Å². The standard InChI is InChI=1S/C16H28N2S2.2ClH/c1-13(2)17-11-19-9-15-7-5-6-8-16(15)10-20-12-18-14(3)4;;/h5-8,13-14,17-18H,9-12H2,1-4H3;2*1H. The first-order chi connectivity index (χ1) is 9.59. The fraction of sp³-hybridized carbons (Fsp3) is 0.625. The van der Waals surface area contributed by atoms with Crippen LogP contribution in [0, 0.1) is 0 Å². The molecule has 6 heteroatoms. The molecule has 22 heavy (non-hydrogen) atoms. The topological polar surface area (TPSA) is 24.1 Å². The SMILES string of the molecule is CC(C)NCSCc1ccccc1CSCNC(C)C.Cl.Cl. The van der Waals surface area contributed by atoms with Crippen molar-refractivity contribution < 1.29 is 0 Å². The zero-order chi connectivity index (χ0) is 14.8. The number of nitrogens with one attached hydrogen (secondary N) is 2. The molecule has 130 valence electrons. The number of benzene rings is 1. The van der Waals surface area contributed by atoms with Crippen molar-refractivity contribution >= 4 is 48.3 Å². The summed E-state index contributed by atoms with van der Waals surface area (Å²) >= 11 is 3.91. The summed E-state index contributed by atoms with van der Waals surface area (Å²) in [4.78, 5) is 0. The van der Waals surface area contributed by atoms with Gasteiger partial charge in [0.2, 0.25) is 0 Å². The molecule has 0 saturated carbocycles. The lowest BCUT2D eigenvalue weighted by atomic mass is 10.1. The smallest absolute Gasteiger partial charge is 0.0423 e. The van der Waals surface area contributed by atoms with Gasteiger partial charge >= 0.3 is 0 Å². The van der Waals surface area contributed by atoms with Crippen molar-refractivity contribution in [2.45, 2.75) is 51.3 Å². The van der Waals surface area contributed by atoms with Gasteiger partial charge < -0.3 is 10.6 Å². The van der Waals surface area contributed by atoms with E-state index < -0.39 is 0 Å². The highest BCUT2D eigenvalue weighted by Crippen LogP contribution is 2.20. The van der Waals surface area contributed by atoms with Gasteiger partial charge in [0.15, 0.2) is 0 Å². The van der Waals surface area contributed by atoms with Gasteiger partial charge in [0.1, 0.15) is 0 Å². The molecular weight excluding hydrogens is 355 g/mol. The van der Waals surface area contributed by atoms with Crippen LogP contribution >= 0.6 is 48.3 Å². The Morgan fingerprint density at radius 1 is 0.773 bits per heavy atom. The highest BCUT2D eigenvalue weighted by molar-refractivity contribution is 7.98. The molecule has 0 atom stereocenters. The molecule has 0 spiro atoms. The van der Waals surface area contributed by atoms with Crippen molar-refractivity contribution in [3.05, 3.63) is 35.4 Å². The Balaban J connectivity index is 0. The second-order valence-corrected chi connectivity index (χ2v) is 7.44. The first kappa shape index (κ1) is 24.7. The Hall–Kier alpha value is 0.420. The molecule has 0 bridgehead atoms. The molecule has 1 rings (SSSR count). The third-order valence-corrected chi connectivity index (χ3v) is 4.59. The van der Waals surface area contributed by atoms with E-state index in [1.54, 1.807) is 0 Å². The summed E-state index contributed by atoms with van der Waals surface area (Å²) in [5.41, 5.74) is 2.94. The molecule has 0 heterocycles. The van der Waals surface area contributed by atoms with Crippen molar-refractivity contribution in [2.24, 2.45) is 0 Å². The van der Waals surface area contributed by atoms with Crippen molar-refractivity contribution in [3.8, 4) is 0 Å². The van der Waals surface area contributed by atoms with Crippen LogP contribution in [0.5, 0.6) is 0 Å². The Kier molecular flexibility index (Phi) is 16.8. The van der Waals surface area contributed by atoms with E-state index in [4.69, 9.17) is 0 Å². The summed E-state index contributed by atoms with van der Waals surface area (Å²) in [7, 11) is 0. The number of rotatable bonds is 10. The van der Waals surface area contributed by atoms with Crippen molar-refractivity contribution in [3.63, 3.8) is 0 Å². The average Bonchev–Trinajstić information content (AvgIpc) is 2.40. The van der Waals surface area contributed by atoms with Gasteiger partial charge in [-0.2, -0.15) is 0 Å². The van der Waals surface area contributed by atoms with Crippen molar-refractivity contribution in [1.82, 2.24) is 10.6 Å². The van der Waals surface area contributed by atoms with E-state index in [1.807, 2.05) is 23.5 Å². The summed E-state index contributed by atoms with van der Waals surface area (Å²) in [6, 6.07) is 9.94. The molecule has 1 aromatic carbocycles. The minimum Gasteiger partial charge on any atom is -0.306 e. The number of hydrogen-bond acceptors (Lipinski definition) is 4. The lowest BCUT2D eigenvalue weighted by Crippen LogP contribution is -2.22. The molecule has 0 saturated heterocycles. The molecular formula is C16H30Cl2N2S2. The average molecular weight is 385 g/mol. The Morgan fingerprint density at radius 3 is 1.45 bits per heavy atom. The predicted octanol–water partition coefficient (Wildman–Crippen LogP) is 4.91. The molecule has 2 N–H and O–H groups in total. The molecule has 0 radical (unpaired) electrons. The molecule has 0 aromatic heterocycles. The third kappa shape index (κ3) is 11.9. The molecule has 0 aliphatic rings. The molecule has 0 unspecified atom stereocenters. The van der Waals surface area contributed by atoms with Crippen LogP contribution < -0.4 is 10.6 Å². The van der Waals surface area contributed by atoms with Crippen LogP contribution in [-0.4, -0.2) is 23.8 Å². The summed E-state index contributed by atoms with van der Waals surface area (Å²) in [6.07, 6.45) is 0. The van der Waals surface area contributed by atoms with Crippen molar-refractivity contribution in [1.29, 1.82) is 0 Å². The van der Waals surface area contributed by atoms with Crippen LogP contribution in [0.3, 0.4) is 0 Å². The highest BCUT2D eigenvalue weighted by atomic mass is 35.5. The van der Waals surface area contributed by atoms with Gasteiger partial charge in [0, 0.05) is 35.3 Å². The van der Waals surface area contributed by atoms with Gasteiger partial charge in [-0.25, -0.2) is 0 Å². The first-order valence-electron chi connectivity index (χ1n) is 7.28. The van der Waals surface area contributed by atoms with Gasteiger partial charge in [-0.1, -0.05) is 52.0 Å². The summed E-state index contributed by atoms with van der Waals surface area (Å²) in [5.74, 6) is 4.23. The minimum absolute atomic E-state index is 0. The lowest BCUT2D eigenvalue weighted by Gasteiger charge is -2.12. The van der Waals surface area contributed by atoms with Gasteiger partial charge in [-0.05, 0) is 11.1 Å². The lowest BCUT2D eigenvalue weighted by molar-refractivity contribution is 0.654. The number of thioether (sulfide) groups is 2. The summed E-state index contributed by atoms with van der Waals surface area (Å²) in [5, 5.41) is 6.90. The molecule has 0 aliphatic heterocycles. The Labute approximate surface area is 157 Å². The first-order valence-corrected chi connectivity index (χ1v) is 9.59. The van der Waals surface area contributed by atoms with E-state index in [9.17, 15) is 0 Å². The maximum Gasteiger partial charge on any atom is 0.0423 e. The van der Waals surface area contributed by atoms with Crippen LogP contribution in [0.25, 0.3) is 0 Å². The number of hydrogen-bond donors (Lipinski definition) is 2. The van der Waals surface area contributed by atoms with Crippen LogP contribution in [0.4, 0.5) is 0 Å². The van der Waals surface area contributed by atoms with Crippen LogP contribution in [-0.2, 0) is 11.5 Å². The maximum atomic E-state index is 3.45. The zero-order valence-electron chi connectivity index (χ0n) is 13.9. The molecule has 0 aliphatic carbocycles. The van der Waals surface area contributed by atoms with Crippen LogP contribution in [0.15, 0.2) is 24.3 Å². The van der Waals surface area contributed by atoms with E-state index >= 15 is 0 Å². The Morgan fingerprint density at radius 2 is 1.14 bits per heavy atom. The molecule has 2 nitrogen and oxygen atoms in total. The third-order valence-electron chi connectivity index (χ3n) is 2.82. The van der Waals surface area contributed by atoms with Gasteiger partial charge in [0.05, 0.1) is 0 Å². The van der Waals surface area contributed by atoms with E-state index in [2.05, 4.69) is 62.6 Å². The van der Waals surface area contributed by atoms with Gasteiger partial charge in [-0.3, -0.25) is 0 Å². The fourth-order valence-electron chi connectivity index (χ4n) is 1.61. The normalized spacial score (nSPS) is 10.5. The second kappa shape index (κ2) is 15.0. The molecule has 0 fully saturated rings. The van der Waals surface area contributed by atoms with Gasteiger partial charge in [0.25, 0.3) is 0 Å². The highest BCUT2D eigenvalue weighted by Gasteiger charge is 2.03. The van der Waals surface area contributed by atoms with Crippen LogP contribution in [0.1, 0.15) is 38.8 Å². The van der Waals surface area contributed by atoms with E-state index in [0.717, 1.165) is 23.3 Å². The maximum absolute atomic E-state index is 3.45. The van der Waals surface area contributed by atoms with Gasteiger partial charge in [-0.15, -0.1) is 48.3 Å². The Bertz CT molecular complexity index is 342. The summed E-state index contributed by atoms with van der Waals surface area (Å²) in [6.45, 7) is 8.75. The summed E-state index contributed by atoms with van der Waals surface area (Å²) < 4.78 is 0.